The van der Waals surface area contributed by atoms with E-state index in [1.165, 1.54) is 101 Å². The summed E-state index contributed by atoms with van der Waals surface area (Å²) >= 11 is 0. The molecule has 0 atom stereocenters. The zero-order valence-electron chi connectivity index (χ0n) is 21.4. The van der Waals surface area contributed by atoms with Gasteiger partial charge in [0.25, 0.3) is 0 Å². The van der Waals surface area contributed by atoms with Gasteiger partial charge in [0.15, 0.2) is 0 Å². The fourth-order valence-electron chi connectivity index (χ4n) is 4.43. The maximum absolute atomic E-state index is 11.9. The highest BCUT2D eigenvalue weighted by molar-refractivity contribution is 5.73. The quantitative estimate of drug-likeness (QED) is 0.190. The Morgan fingerprint density at radius 3 is 1.15 bits per heavy atom. The third-order valence-electron chi connectivity index (χ3n) is 6.54. The molecule has 0 heterocycles. The predicted molar refractivity (Wildman–Crippen MR) is 146 cm³/mol. The van der Waals surface area contributed by atoms with Crippen LogP contribution in [0.1, 0.15) is 101 Å². The Morgan fingerprint density at radius 1 is 0.441 bits per heavy atom. The lowest BCUT2D eigenvalue weighted by molar-refractivity contribution is 0.240. The van der Waals surface area contributed by atoms with Gasteiger partial charge in [-0.1, -0.05) is 125 Å². The molecule has 0 aliphatic heterocycles. The van der Waals surface area contributed by atoms with Crippen molar-refractivity contribution in [2.75, 3.05) is 13.1 Å². The topological polar surface area (TPSA) is 41.1 Å². The molecule has 0 saturated carbocycles. The minimum atomic E-state index is 0.00169. The number of nitrogens with one attached hydrogen (secondary N) is 2. The lowest BCUT2D eigenvalue weighted by Gasteiger charge is -2.08. The Hall–Kier alpha value is -2.29. The van der Waals surface area contributed by atoms with Crippen molar-refractivity contribution in [1.82, 2.24) is 10.6 Å². The summed E-state index contributed by atoms with van der Waals surface area (Å²) in [4.78, 5) is 11.9. The molecule has 0 aliphatic rings. The molecule has 3 nitrogen and oxygen atoms in total. The van der Waals surface area contributed by atoms with Crippen LogP contribution in [0.2, 0.25) is 0 Å². The molecule has 0 aliphatic carbocycles. The molecule has 0 radical (unpaired) electrons. The molecule has 0 unspecified atom stereocenters. The van der Waals surface area contributed by atoms with Crippen molar-refractivity contribution in [3.8, 4) is 0 Å². The van der Waals surface area contributed by atoms with E-state index in [4.69, 9.17) is 0 Å². The summed E-state index contributed by atoms with van der Waals surface area (Å²) in [5.41, 5.74) is 2.91. The summed E-state index contributed by atoms with van der Waals surface area (Å²) in [7, 11) is 0. The maximum Gasteiger partial charge on any atom is 0.314 e. The van der Waals surface area contributed by atoms with E-state index in [1.807, 2.05) is 0 Å². The van der Waals surface area contributed by atoms with Crippen molar-refractivity contribution in [2.45, 2.75) is 103 Å². The van der Waals surface area contributed by atoms with Gasteiger partial charge in [0.2, 0.25) is 0 Å². The number of benzene rings is 2. The second kappa shape index (κ2) is 20.1. The average Bonchev–Trinajstić information content (AvgIpc) is 2.87. The number of unbranched alkanes of at least 4 members (excludes halogenated alkanes) is 12. The van der Waals surface area contributed by atoms with Crippen LogP contribution in [0.4, 0.5) is 4.79 Å². The fraction of sp³-hybridized carbons (Fsp3) is 0.581. The van der Waals surface area contributed by atoms with Gasteiger partial charge in [-0.3, -0.25) is 0 Å². The van der Waals surface area contributed by atoms with Crippen molar-refractivity contribution in [2.24, 2.45) is 0 Å². The van der Waals surface area contributed by atoms with E-state index in [2.05, 4.69) is 71.3 Å². The van der Waals surface area contributed by atoms with E-state index < -0.39 is 0 Å². The number of amides is 2. The van der Waals surface area contributed by atoms with E-state index in [-0.39, 0.29) is 6.03 Å². The lowest BCUT2D eigenvalue weighted by atomic mass is 10.0. The van der Waals surface area contributed by atoms with E-state index >= 15 is 0 Å². The highest BCUT2D eigenvalue weighted by Crippen LogP contribution is 2.11. The third kappa shape index (κ3) is 15.5. The first-order valence-electron chi connectivity index (χ1n) is 13.9. The number of urea groups is 1. The number of rotatable bonds is 20. The molecular formula is C31H48N2O. The van der Waals surface area contributed by atoms with Crippen molar-refractivity contribution >= 4 is 6.03 Å². The van der Waals surface area contributed by atoms with Crippen LogP contribution >= 0.6 is 0 Å². The van der Waals surface area contributed by atoms with Gasteiger partial charge in [-0.05, 0) is 49.7 Å². The monoisotopic (exact) mass is 464 g/mol. The molecule has 0 spiro atoms. The molecule has 2 rings (SSSR count). The zero-order valence-corrected chi connectivity index (χ0v) is 21.4. The van der Waals surface area contributed by atoms with Gasteiger partial charge in [-0.25, -0.2) is 4.79 Å². The predicted octanol–water partition coefficient (Wildman–Crippen LogP) is 8.23. The van der Waals surface area contributed by atoms with Gasteiger partial charge in [0.1, 0.15) is 0 Å². The minimum Gasteiger partial charge on any atom is -0.338 e. The van der Waals surface area contributed by atoms with Crippen molar-refractivity contribution < 1.29 is 4.79 Å². The van der Waals surface area contributed by atoms with Crippen LogP contribution in [0.15, 0.2) is 60.7 Å². The SMILES string of the molecule is O=C(NCCCCCCCCCc1ccccc1)NCCCCCCCCCc1ccccc1. The largest absolute Gasteiger partial charge is 0.338 e. The highest BCUT2D eigenvalue weighted by atomic mass is 16.2. The van der Waals surface area contributed by atoms with Crippen LogP contribution in [0.3, 0.4) is 0 Å². The van der Waals surface area contributed by atoms with Crippen molar-refractivity contribution in [1.29, 1.82) is 0 Å². The first kappa shape index (κ1) is 28.0. The number of hydrogen-bond acceptors (Lipinski definition) is 1. The lowest BCUT2D eigenvalue weighted by Crippen LogP contribution is -2.36. The van der Waals surface area contributed by atoms with Crippen molar-refractivity contribution in [3.63, 3.8) is 0 Å². The fourth-order valence-corrected chi connectivity index (χ4v) is 4.43. The van der Waals surface area contributed by atoms with Crippen LogP contribution in [0.25, 0.3) is 0 Å². The van der Waals surface area contributed by atoms with Crippen LogP contribution < -0.4 is 10.6 Å². The summed E-state index contributed by atoms with van der Waals surface area (Å²) in [6.45, 7) is 1.59. The molecule has 0 saturated heterocycles. The summed E-state index contributed by atoms with van der Waals surface area (Å²) in [5.74, 6) is 0. The van der Waals surface area contributed by atoms with Gasteiger partial charge in [0.05, 0.1) is 0 Å². The van der Waals surface area contributed by atoms with Crippen LogP contribution in [0.5, 0.6) is 0 Å². The Bertz CT molecular complexity index is 655. The zero-order chi connectivity index (χ0) is 23.9. The summed E-state index contributed by atoms with van der Waals surface area (Å²) in [5, 5.41) is 6.00. The molecule has 0 bridgehead atoms. The van der Waals surface area contributed by atoms with Gasteiger partial charge in [0, 0.05) is 13.1 Å². The van der Waals surface area contributed by atoms with Gasteiger partial charge in [-0.15, -0.1) is 0 Å². The van der Waals surface area contributed by atoms with Gasteiger partial charge < -0.3 is 10.6 Å². The second-order valence-corrected chi connectivity index (χ2v) is 9.60. The molecule has 2 N–H and O–H groups in total. The number of carbonyl (C=O) groups excluding carboxylic acids is 1. The molecular weight excluding hydrogens is 416 g/mol. The van der Waals surface area contributed by atoms with E-state index in [0.717, 1.165) is 25.9 Å². The molecule has 3 heteroatoms. The first-order chi connectivity index (χ1) is 16.8. The Balaban J connectivity index is 1.25. The molecule has 2 amide bonds. The number of hydrogen-bond donors (Lipinski definition) is 2. The number of carbonyl (C=O) groups is 1. The van der Waals surface area contributed by atoms with Crippen LogP contribution in [0, 0.1) is 0 Å². The first-order valence-corrected chi connectivity index (χ1v) is 13.9. The molecule has 2 aromatic rings. The Morgan fingerprint density at radius 2 is 0.765 bits per heavy atom. The van der Waals surface area contributed by atoms with Gasteiger partial charge >= 0.3 is 6.03 Å². The van der Waals surface area contributed by atoms with Gasteiger partial charge in [-0.2, -0.15) is 0 Å². The van der Waals surface area contributed by atoms with E-state index in [1.54, 1.807) is 0 Å². The standard InChI is InChI=1S/C31H48N2O/c34-31(32-27-19-9-5-1-3-7-13-21-29-23-15-11-16-24-29)33-28-20-10-6-2-4-8-14-22-30-25-17-12-18-26-30/h11-12,15-18,23-26H,1-10,13-14,19-22,27-28H2,(H2,32,33,34). The Kier molecular flexibility index (Phi) is 16.5. The van der Waals surface area contributed by atoms with Crippen LogP contribution in [-0.2, 0) is 12.8 Å². The molecule has 0 fully saturated rings. The number of aryl methyl sites for hydroxylation is 2. The second-order valence-electron chi connectivity index (χ2n) is 9.60. The van der Waals surface area contributed by atoms with E-state index in [9.17, 15) is 4.79 Å². The highest BCUT2D eigenvalue weighted by Gasteiger charge is 1.99. The maximum atomic E-state index is 11.9. The summed E-state index contributed by atoms with van der Waals surface area (Å²) < 4.78 is 0. The summed E-state index contributed by atoms with van der Waals surface area (Å²) in [6, 6.07) is 21.6. The normalized spacial score (nSPS) is 10.8. The minimum absolute atomic E-state index is 0.00169. The molecule has 2 aromatic carbocycles. The Labute approximate surface area is 209 Å². The average molecular weight is 465 g/mol. The van der Waals surface area contributed by atoms with E-state index in [0.29, 0.717) is 0 Å². The third-order valence-corrected chi connectivity index (χ3v) is 6.54. The molecule has 34 heavy (non-hydrogen) atoms. The summed E-state index contributed by atoms with van der Waals surface area (Å²) in [6.07, 6.45) is 20.1. The van der Waals surface area contributed by atoms with Crippen LogP contribution in [-0.4, -0.2) is 19.1 Å². The molecule has 0 aromatic heterocycles. The molecule has 188 valence electrons. The smallest absolute Gasteiger partial charge is 0.314 e. The van der Waals surface area contributed by atoms with Crippen molar-refractivity contribution in [3.05, 3.63) is 71.8 Å².